The first-order chi connectivity index (χ1) is 9.29. The highest BCUT2D eigenvalue weighted by molar-refractivity contribution is 9.10. The number of nitrogens with zero attached hydrogens (tertiary/aromatic N) is 1. The molecule has 1 aromatic rings. The Morgan fingerprint density at radius 1 is 1.37 bits per heavy atom. The lowest BCUT2D eigenvalue weighted by molar-refractivity contribution is 0.190. The van der Waals surface area contributed by atoms with Crippen LogP contribution < -0.4 is 4.74 Å². The Labute approximate surface area is 132 Å². The van der Waals surface area contributed by atoms with Crippen molar-refractivity contribution in [3.8, 4) is 5.75 Å². The minimum atomic E-state index is 0.767. The molecule has 1 aliphatic heterocycles. The number of rotatable bonds is 7. The quantitative estimate of drug-likeness (QED) is 0.637. The molecule has 2 nitrogen and oxygen atoms in total. The van der Waals surface area contributed by atoms with Crippen molar-refractivity contribution in [2.75, 3.05) is 25.0 Å². The summed E-state index contributed by atoms with van der Waals surface area (Å²) in [6, 6.07) is 8.82. The van der Waals surface area contributed by atoms with Crippen LogP contribution in [-0.4, -0.2) is 36.0 Å². The van der Waals surface area contributed by atoms with Crippen molar-refractivity contribution in [1.29, 1.82) is 0 Å². The van der Waals surface area contributed by atoms with Gasteiger partial charge < -0.3 is 4.74 Å². The van der Waals surface area contributed by atoms with E-state index < -0.39 is 0 Å². The van der Waals surface area contributed by atoms with Gasteiger partial charge in [-0.3, -0.25) is 4.90 Å². The van der Waals surface area contributed by atoms with Crippen LogP contribution in [0.1, 0.15) is 25.7 Å². The number of likely N-dealkylation sites (tertiary alicyclic amines) is 1. The van der Waals surface area contributed by atoms with E-state index in [0.717, 1.165) is 34.7 Å². The van der Waals surface area contributed by atoms with Crippen LogP contribution in [0.5, 0.6) is 5.75 Å². The molecule has 0 radical (unpaired) electrons. The van der Waals surface area contributed by atoms with Gasteiger partial charge in [-0.1, -0.05) is 37.9 Å². The van der Waals surface area contributed by atoms with Crippen molar-refractivity contribution in [2.24, 2.45) is 0 Å². The van der Waals surface area contributed by atoms with Crippen molar-refractivity contribution >= 4 is 31.9 Å². The third-order valence-electron chi connectivity index (χ3n) is 3.61. The van der Waals surface area contributed by atoms with E-state index in [2.05, 4.69) is 36.8 Å². The topological polar surface area (TPSA) is 12.5 Å². The maximum Gasteiger partial charge on any atom is 0.120 e. The average molecular weight is 391 g/mol. The van der Waals surface area contributed by atoms with Gasteiger partial charge in [0.2, 0.25) is 0 Å². The van der Waals surface area contributed by atoms with Crippen molar-refractivity contribution in [2.45, 2.75) is 31.7 Å². The van der Waals surface area contributed by atoms with Crippen LogP contribution in [0.25, 0.3) is 0 Å². The molecule has 1 aliphatic rings. The van der Waals surface area contributed by atoms with E-state index in [-0.39, 0.29) is 0 Å². The molecule has 0 aliphatic carbocycles. The number of benzene rings is 1. The van der Waals surface area contributed by atoms with E-state index in [1.165, 1.54) is 32.2 Å². The average Bonchev–Trinajstić information content (AvgIpc) is 2.84. The minimum Gasteiger partial charge on any atom is -0.492 e. The summed E-state index contributed by atoms with van der Waals surface area (Å²) >= 11 is 6.98. The van der Waals surface area contributed by atoms with Gasteiger partial charge in [-0.2, -0.15) is 0 Å². The molecule has 0 amide bonds. The number of hydrogen-bond acceptors (Lipinski definition) is 2. The van der Waals surface area contributed by atoms with Crippen molar-refractivity contribution in [3.05, 3.63) is 28.7 Å². The lowest BCUT2D eigenvalue weighted by atomic mass is 10.1. The number of ether oxygens (including phenoxy) is 1. The Balaban J connectivity index is 1.72. The number of halogens is 2. The predicted octanol–water partition coefficient (Wildman–Crippen LogP) is 4.47. The summed E-state index contributed by atoms with van der Waals surface area (Å²) in [5, 5.41) is 1.12. The summed E-state index contributed by atoms with van der Waals surface area (Å²) < 4.78 is 6.89. The van der Waals surface area contributed by atoms with Crippen LogP contribution in [0.3, 0.4) is 0 Å². The third kappa shape index (κ3) is 5.09. The van der Waals surface area contributed by atoms with Crippen LogP contribution in [-0.2, 0) is 0 Å². The summed E-state index contributed by atoms with van der Waals surface area (Å²) in [5.41, 5.74) is 0. The van der Waals surface area contributed by atoms with Gasteiger partial charge in [-0.05, 0) is 50.4 Å². The lowest BCUT2D eigenvalue weighted by Gasteiger charge is -2.24. The van der Waals surface area contributed by atoms with E-state index in [1.807, 2.05) is 24.3 Å². The maximum atomic E-state index is 5.82. The van der Waals surface area contributed by atoms with Gasteiger partial charge in [-0.25, -0.2) is 0 Å². The number of alkyl halides is 1. The predicted molar refractivity (Wildman–Crippen MR) is 87.3 cm³/mol. The first kappa shape index (κ1) is 15.3. The Bertz CT molecular complexity index is 386. The molecular formula is C15H21Br2NO. The molecule has 1 heterocycles. The summed E-state index contributed by atoms with van der Waals surface area (Å²) in [6.45, 7) is 3.05. The van der Waals surface area contributed by atoms with Gasteiger partial charge >= 0.3 is 0 Å². The highest BCUT2D eigenvalue weighted by Crippen LogP contribution is 2.22. The Morgan fingerprint density at radius 3 is 3.05 bits per heavy atom. The molecule has 1 atom stereocenters. The molecule has 19 heavy (non-hydrogen) atoms. The third-order valence-corrected chi connectivity index (χ3v) is 4.67. The van der Waals surface area contributed by atoms with Gasteiger partial charge in [0.15, 0.2) is 0 Å². The summed E-state index contributed by atoms with van der Waals surface area (Å²) in [7, 11) is 0. The molecule has 4 heteroatoms. The second-order valence-corrected chi connectivity index (χ2v) is 6.68. The second-order valence-electron chi connectivity index (χ2n) is 4.97. The standard InChI is InChI=1S/C15H21Br2NO/c16-8-2-5-14-6-3-9-18(14)10-11-19-15-7-1-4-13(17)12-15/h1,4,7,12,14H,2-3,5-6,8-11H2. The van der Waals surface area contributed by atoms with Crippen LogP contribution in [0.4, 0.5) is 0 Å². The fraction of sp³-hybridized carbons (Fsp3) is 0.600. The lowest BCUT2D eigenvalue weighted by Crippen LogP contribution is -2.33. The van der Waals surface area contributed by atoms with E-state index in [9.17, 15) is 0 Å². The van der Waals surface area contributed by atoms with Crippen LogP contribution in [0, 0.1) is 0 Å². The molecule has 2 rings (SSSR count). The molecule has 1 fully saturated rings. The largest absolute Gasteiger partial charge is 0.492 e. The van der Waals surface area contributed by atoms with E-state index in [0.29, 0.717) is 0 Å². The Kier molecular flexibility index (Phi) is 6.68. The smallest absolute Gasteiger partial charge is 0.120 e. The van der Waals surface area contributed by atoms with Gasteiger partial charge in [0.05, 0.1) is 0 Å². The zero-order valence-corrected chi connectivity index (χ0v) is 14.3. The van der Waals surface area contributed by atoms with Crippen LogP contribution in [0.2, 0.25) is 0 Å². The molecule has 1 unspecified atom stereocenters. The fourth-order valence-corrected chi connectivity index (χ4v) is 3.37. The molecular weight excluding hydrogens is 370 g/mol. The van der Waals surface area contributed by atoms with Gasteiger partial charge in [0, 0.05) is 22.4 Å². The molecule has 1 saturated heterocycles. The number of hydrogen-bond donors (Lipinski definition) is 0. The summed E-state index contributed by atoms with van der Waals surface area (Å²) in [6.07, 6.45) is 5.27. The van der Waals surface area contributed by atoms with Crippen molar-refractivity contribution in [3.63, 3.8) is 0 Å². The SMILES string of the molecule is BrCCCC1CCCN1CCOc1cccc(Br)c1. The Hall–Kier alpha value is -0.0600. The zero-order valence-electron chi connectivity index (χ0n) is 11.2. The monoisotopic (exact) mass is 389 g/mol. The maximum absolute atomic E-state index is 5.82. The van der Waals surface area contributed by atoms with Gasteiger partial charge in [0.1, 0.15) is 12.4 Å². The normalized spacial score (nSPS) is 19.8. The molecule has 1 aromatic carbocycles. The zero-order chi connectivity index (χ0) is 13.5. The molecule has 0 saturated carbocycles. The molecule has 0 aromatic heterocycles. The van der Waals surface area contributed by atoms with E-state index in [1.54, 1.807) is 0 Å². The highest BCUT2D eigenvalue weighted by Gasteiger charge is 2.23. The highest BCUT2D eigenvalue weighted by atomic mass is 79.9. The van der Waals surface area contributed by atoms with Crippen molar-refractivity contribution < 1.29 is 4.74 Å². The van der Waals surface area contributed by atoms with Crippen LogP contribution >= 0.6 is 31.9 Å². The molecule has 106 valence electrons. The minimum absolute atomic E-state index is 0.767. The van der Waals surface area contributed by atoms with E-state index >= 15 is 0 Å². The molecule has 0 bridgehead atoms. The van der Waals surface area contributed by atoms with Crippen molar-refractivity contribution in [1.82, 2.24) is 4.90 Å². The Morgan fingerprint density at radius 2 is 2.26 bits per heavy atom. The summed E-state index contributed by atoms with van der Waals surface area (Å²) in [4.78, 5) is 2.58. The molecule has 0 spiro atoms. The first-order valence-corrected chi connectivity index (χ1v) is 8.89. The summed E-state index contributed by atoms with van der Waals surface area (Å²) in [5.74, 6) is 0.950. The van der Waals surface area contributed by atoms with Crippen LogP contribution in [0.15, 0.2) is 28.7 Å². The van der Waals surface area contributed by atoms with Gasteiger partial charge in [0.25, 0.3) is 0 Å². The van der Waals surface area contributed by atoms with Gasteiger partial charge in [-0.15, -0.1) is 0 Å². The fourth-order valence-electron chi connectivity index (χ4n) is 2.67. The molecule has 0 N–H and O–H groups in total. The van der Waals surface area contributed by atoms with E-state index in [4.69, 9.17) is 4.74 Å². The first-order valence-electron chi connectivity index (χ1n) is 6.98. The second kappa shape index (κ2) is 8.28.